The largest absolute Gasteiger partial charge is 0.493 e. The van der Waals surface area contributed by atoms with Crippen LogP contribution < -0.4 is 35.6 Å². The number of fused-ring (bicyclic) bond motifs is 3. The Morgan fingerprint density at radius 1 is 1.05 bits per heavy atom. The van der Waals surface area contributed by atoms with Gasteiger partial charge in [0.05, 0.1) is 33.1 Å². The van der Waals surface area contributed by atoms with Crippen molar-refractivity contribution in [2.75, 3.05) is 38.7 Å². The van der Waals surface area contributed by atoms with Gasteiger partial charge < -0.3 is 30.2 Å². The number of hydrogen-bond acceptors (Lipinski definition) is 9. The average molecular weight is 607 g/mol. The van der Waals surface area contributed by atoms with E-state index in [0.29, 0.717) is 48.6 Å². The van der Waals surface area contributed by atoms with Crippen LogP contribution in [0.15, 0.2) is 53.6 Å². The molecular formula is C32H38N4O6S. The van der Waals surface area contributed by atoms with Crippen LogP contribution in [0, 0.1) is 0 Å². The number of carbonyl (C=O) groups is 2. The number of anilines is 1. The molecule has 0 unspecified atom stereocenters. The van der Waals surface area contributed by atoms with E-state index in [1.165, 1.54) is 6.92 Å². The van der Waals surface area contributed by atoms with Gasteiger partial charge >= 0.3 is 0 Å². The van der Waals surface area contributed by atoms with Crippen molar-refractivity contribution < 1.29 is 23.8 Å². The highest BCUT2D eigenvalue weighted by Gasteiger charge is 2.30. The van der Waals surface area contributed by atoms with Crippen LogP contribution in [0.4, 0.5) is 5.69 Å². The Morgan fingerprint density at radius 3 is 2.44 bits per heavy atom. The monoisotopic (exact) mass is 606 g/mol. The van der Waals surface area contributed by atoms with E-state index >= 15 is 0 Å². The fourth-order valence-electron chi connectivity index (χ4n) is 5.33. The summed E-state index contributed by atoms with van der Waals surface area (Å²) in [4.78, 5) is 43.3. The van der Waals surface area contributed by atoms with Gasteiger partial charge in [-0.05, 0) is 83.9 Å². The molecule has 2 amide bonds. The molecule has 11 heteroatoms. The Balaban J connectivity index is 1.80. The predicted octanol–water partition coefficient (Wildman–Crippen LogP) is 4.11. The summed E-state index contributed by atoms with van der Waals surface area (Å²) in [6, 6.07) is 9.61. The topological polar surface area (TPSA) is 128 Å². The van der Waals surface area contributed by atoms with Crippen molar-refractivity contribution >= 4 is 29.3 Å². The van der Waals surface area contributed by atoms with Crippen LogP contribution in [-0.4, -0.2) is 56.2 Å². The number of thioether (sulfide) groups is 1. The number of benzene rings is 1. The van der Waals surface area contributed by atoms with Gasteiger partial charge in [0.15, 0.2) is 11.5 Å². The number of nitrogens with one attached hydrogen (secondary N) is 3. The Bertz CT molecular complexity index is 1520. The molecule has 228 valence electrons. The smallest absolute Gasteiger partial charge is 0.242 e. The van der Waals surface area contributed by atoms with Gasteiger partial charge in [-0.2, -0.15) is 11.8 Å². The normalized spacial score (nSPS) is 14.3. The minimum atomic E-state index is -0.637. The summed E-state index contributed by atoms with van der Waals surface area (Å²) in [5, 5.41) is 9.20. The van der Waals surface area contributed by atoms with Crippen molar-refractivity contribution in [1.82, 2.24) is 15.6 Å². The van der Waals surface area contributed by atoms with E-state index in [1.807, 2.05) is 30.5 Å². The first-order valence-corrected chi connectivity index (χ1v) is 15.4. The van der Waals surface area contributed by atoms with Gasteiger partial charge in [0.25, 0.3) is 0 Å². The third kappa shape index (κ3) is 7.40. The lowest BCUT2D eigenvalue weighted by Gasteiger charge is -2.19. The van der Waals surface area contributed by atoms with E-state index in [4.69, 9.17) is 14.2 Å². The lowest BCUT2D eigenvalue weighted by molar-refractivity contribution is -0.122. The molecule has 0 fully saturated rings. The van der Waals surface area contributed by atoms with Crippen LogP contribution in [0.5, 0.6) is 17.2 Å². The zero-order valence-electron chi connectivity index (χ0n) is 25.1. The van der Waals surface area contributed by atoms with E-state index in [2.05, 4.69) is 20.9 Å². The van der Waals surface area contributed by atoms with Crippen LogP contribution in [-0.2, 0) is 22.6 Å². The summed E-state index contributed by atoms with van der Waals surface area (Å²) in [5.74, 6) is 1.74. The average Bonchev–Trinajstić information content (AvgIpc) is 3.25. The summed E-state index contributed by atoms with van der Waals surface area (Å²) in [6.45, 7) is 1.81. The minimum Gasteiger partial charge on any atom is -0.493 e. The Morgan fingerprint density at radius 2 is 1.79 bits per heavy atom. The Hall–Kier alpha value is -4.25. The number of aryl methyl sites for hydroxylation is 1. The van der Waals surface area contributed by atoms with Crippen molar-refractivity contribution in [2.24, 2.45) is 0 Å². The molecule has 0 saturated carbocycles. The van der Waals surface area contributed by atoms with Crippen LogP contribution in [0.1, 0.15) is 42.5 Å². The van der Waals surface area contributed by atoms with E-state index in [0.717, 1.165) is 28.0 Å². The maximum Gasteiger partial charge on any atom is 0.242 e. The number of rotatable bonds is 12. The fourth-order valence-corrected chi connectivity index (χ4v) is 5.80. The molecule has 1 aromatic heterocycles. The zero-order chi connectivity index (χ0) is 30.9. The molecule has 1 heterocycles. The maximum atomic E-state index is 13.7. The molecule has 0 bridgehead atoms. The molecule has 10 nitrogen and oxygen atoms in total. The predicted molar refractivity (Wildman–Crippen MR) is 169 cm³/mol. The summed E-state index contributed by atoms with van der Waals surface area (Å²) >= 11 is 1.62. The van der Waals surface area contributed by atoms with Gasteiger partial charge in [-0.15, -0.1) is 0 Å². The van der Waals surface area contributed by atoms with Gasteiger partial charge in [-0.3, -0.25) is 19.4 Å². The highest BCUT2D eigenvalue weighted by Crippen LogP contribution is 2.50. The van der Waals surface area contributed by atoms with Gasteiger partial charge in [0.2, 0.25) is 23.0 Å². The first-order valence-electron chi connectivity index (χ1n) is 14.0. The van der Waals surface area contributed by atoms with Crippen molar-refractivity contribution in [3.63, 3.8) is 0 Å². The molecule has 4 rings (SSSR count). The van der Waals surface area contributed by atoms with Crippen molar-refractivity contribution in [1.29, 1.82) is 0 Å². The fraction of sp³-hybridized carbons (Fsp3) is 0.375. The first-order chi connectivity index (χ1) is 20.8. The lowest BCUT2D eigenvalue weighted by atomic mass is 9.95. The van der Waals surface area contributed by atoms with E-state index in [9.17, 15) is 14.4 Å². The summed E-state index contributed by atoms with van der Waals surface area (Å²) in [7, 11) is 4.67. The number of pyridine rings is 1. The van der Waals surface area contributed by atoms with Crippen molar-refractivity contribution in [3.8, 4) is 28.4 Å². The number of carbonyl (C=O) groups excluding carboxylic acids is 2. The van der Waals surface area contributed by atoms with Gasteiger partial charge in [-0.25, -0.2) is 0 Å². The van der Waals surface area contributed by atoms with E-state index in [1.54, 1.807) is 57.6 Å². The van der Waals surface area contributed by atoms with Gasteiger partial charge in [0.1, 0.15) is 6.04 Å². The summed E-state index contributed by atoms with van der Waals surface area (Å²) in [6.07, 6.45) is 7.00. The highest BCUT2D eigenvalue weighted by atomic mass is 32.2. The quantitative estimate of drug-likeness (QED) is 0.279. The second-order valence-corrected chi connectivity index (χ2v) is 11.1. The molecule has 3 N–H and O–H groups in total. The number of nitrogens with zero attached hydrogens (tertiary/aromatic N) is 1. The molecule has 0 saturated heterocycles. The molecule has 3 aromatic rings. The van der Waals surface area contributed by atoms with Crippen molar-refractivity contribution in [2.45, 2.75) is 44.8 Å². The van der Waals surface area contributed by atoms with Crippen LogP contribution in [0.25, 0.3) is 11.1 Å². The molecule has 2 atom stereocenters. The second kappa shape index (κ2) is 14.8. The van der Waals surface area contributed by atoms with Crippen molar-refractivity contribution in [3.05, 3.63) is 75.7 Å². The number of methoxy groups -OCH3 is 3. The number of hydrogen-bond donors (Lipinski definition) is 3. The zero-order valence-corrected chi connectivity index (χ0v) is 25.9. The third-order valence-corrected chi connectivity index (χ3v) is 8.03. The van der Waals surface area contributed by atoms with Crippen LogP contribution >= 0.6 is 11.8 Å². The molecule has 1 aliphatic carbocycles. The summed E-state index contributed by atoms with van der Waals surface area (Å²) < 4.78 is 17.1. The molecule has 0 radical (unpaired) electrons. The van der Waals surface area contributed by atoms with E-state index < -0.39 is 12.1 Å². The molecule has 0 aliphatic heterocycles. The number of amides is 2. The van der Waals surface area contributed by atoms with Crippen LogP contribution in [0.2, 0.25) is 0 Å². The standard InChI is InChI=1S/C32H38N4O6S/c1-19(37)35-24-8-6-21-16-28(40-2)30(41-3)31(42-4)29(21)22-7-9-25(27(38)17-23(22)24)36-26(12-15-43-5)32(39)34-18-20-10-13-33-14-11-20/h7,9-11,13-14,16-17,24,26H,6,8,12,15,18H2,1-5H3,(H,34,39)(H,35,37)(H,36,38)/t24-,26+/m1/s1. The molecule has 43 heavy (non-hydrogen) atoms. The number of aromatic nitrogens is 1. The molecular weight excluding hydrogens is 568 g/mol. The number of ether oxygens (including phenoxy) is 3. The molecule has 2 aromatic carbocycles. The van der Waals surface area contributed by atoms with Gasteiger partial charge in [0, 0.05) is 31.4 Å². The Labute approximate surface area is 255 Å². The van der Waals surface area contributed by atoms with E-state index in [-0.39, 0.29) is 22.9 Å². The third-order valence-electron chi connectivity index (χ3n) is 7.39. The minimum absolute atomic E-state index is 0.204. The lowest BCUT2D eigenvalue weighted by Crippen LogP contribution is -2.40. The Kier molecular flexibility index (Phi) is 10.9. The highest BCUT2D eigenvalue weighted by molar-refractivity contribution is 7.98. The van der Waals surface area contributed by atoms with Crippen LogP contribution in [0.3, 0.4) is 0 Å². The first kappa shape index (κ1) is 31.7. The molecule has 0 spiro atoms. The van der Waals surface area contributed by atoms with Gasteiger partial charge in [-0.1, -0.05) is 6.07 Å². The maximum absolute atomic E-state index is 13.7. The SMILES string of the molecule is COc1cc2c(c(OC)c1OC)-c1ccc(N[C@@H](CCSC)C(=O)NCc3ccncc3)c(=O)cc1[C@H](NC(C)=O)CC2. The second-order valence-electron chi connectivity index (χ2n) is 10.1. The molecule has 1 aliphatic rings. The summed E-state index contributed by atoms with van der Waals surface area (Å²) in [5.41, 5.74) is 3.98.